The fourth-order valence-electron chi connectivity index (χ4n) is 2.82. The zero-order valence-electron chi connectivity index (χ0n) is 14.2. The number of hydrogen-bond donors (Lipinski definition) is 2. The van der Waals surface area contributed by atoms with Gasteiger partial charge >= 0.3 is 6.03 Å². The number of anilines is 1. The fourth-order valence-corrected chi connectivity index (χ4v) is 2.82. The Bertz CT molecular complexity index is 779. The highest BCUT2D eigenvalue weighted by Crippen LogP contribution is 2.26. The van der Waals surface area contributed by atoms with Crippen LogP contribution in [0.1, 0.15) is 17.3 Å². The van der Waals surface area contributed by atoms with E-state index in [9.17, 15) is 9.59 Å². The van der Waals surface area contributed by atoms with Gasteiger partial charge in [-0.1, -0.05) is 30.3 Å². The van der Waals surface area contributed by atoms with E-state index in [0.29, 0.717) is 24.7 Å². The minimum atomic E-state index is -0.675. The number of urea groups is 1. The summed E-state index contributed by atoms with van der Waals surface area (Å²) in [5, 5.41) is 5.57. The first-order valence-electron chi connectivity index (χ1n) is 8.02. The van der Waals surface area contributed by atoms with Gasteiger partial charge in [0.2, 0.25) is 5.91 Å². The quantitative estimate of drug-likeness (QED) is 0.896. The minimum Gasteiger partial charge on any atom is -0.493 e. The van der Waals surface area contributed by atoms with Gasteiger partial charge in [0.25, 0.3) is 0 Å². The Kier molecular flexibility index (Phi) is 4.83. The van der Waals surface area contributed by atoms with Gasteiger partial charge in [-0.3, -0.25) is 10.1 Å². The number of ether oxygens (including phenoxy) is 1. The number of nitrogens with one attached hydrogen (secondary N) is 2. The molecular weight excluding hydrogens is 320 g/mol. The first-order chi connectivity index (χ1) is 12.1. The predicted octanol–water partition coefficient (Wildman–Crippen LogP) is 2.10. The molecule has 25 heavy (non-hydrogen) atoms. The molecule has 0 aliphatic carbocycles. The lowest BCUT2D eigenvalue weighted by molar-refractivity contribution is -0.127. The average molecular weight is 340 g/mol. The molecule has 2 N–H and O–H groups in total. The van der Waals surface area contributed by atoms with Crippen LogP contribution in [0.4, 0.5) is 10.6 Å². The van der Waals surface area contributed by atoms with E-state index in [1.807, 2.05) is 37.3 Å². The van der Waals surface area contributed by atoms with E-state index in [1.54, 1.807) is 12.1 Å². The number of rotatable bonds is 3. The molecule has 7 nitrogen and oxygen atoms in total. The summed E-state index contributed by atoms with van der Waals surface area (Å²) in [5.74, 6) is 0.610. The van der Waals surface area contributed by atoms with Crippen molar-refractivity contribution in [2.75, 3.05) is 25.5 Å². The van der Waals surface area contributed by atoms with Crippen molar-refractivity contribution in [3.63, 3.8) is 0 Å². The van der Waals surface area contributed by atoms with Gasteiger partial charge < -0.3 is 15.0 Å². The average Bonchev–Trinajstić information content (AvgIpc) is 2.62. The first-order valence-corrected chi connectivity index (χ1v) is 8.02. The second kappa shape index (κ2) is 7.21. The molecule has 0 bridgehead atoms. The van der Waals surface area contributed by atoms with Gasteiger partial charge in [-0.15, -0.1) is 0 Å². The van der Waals surface area contributed by atoms with E-state index in [-0.39, 0.29) is 11.9 Å². The van der Waals surface area contributed by atoms with Crippen molar-refractivity contribution in [3.05, 3.63) is 53.7 Å². The molecule has 3 rings (SSSR count). The van der Waals surface area contributed by atoms with Crippen molar-refractivity contribution in [2.24, 2.45) is 0 Å². The monoisotopic (exact) mass is 340 g/mol. The van der Waals surface area contributed by atoms with E-state index >= 15 is 0 Å². The van der Waals surface area contributed by atoms with Crippen molar-refractivity contribution in [1.29, 1.82) is 0 Å². The van der Waals surface area contributed by atoms with Crippen LogP contribution in [0, 0.1) is 6.92 Å². The zero-order chi connectivity index (χ0) is 17.8. The van der Waals surface area contributed by atoms with E-state index in [4.69, 9.17) is 4.74 Å². The summed E-state index contributed by atoms with van der Waals surface area (Å²) in [7, 11) is 1.52. The molecule has 2 heterocycles. The largest absolute Gasteiger partial charge is 0.493 e. The van der Waals surface area contributed by atoms with Crippen LogP contribution < -0.4 is 15.4 Å². The molecule has 0 radical (unpaired) electrons. The Balaban J connectivity index is 1.87. The maximum Gasteiger partial charge on any atom is 0.324 e. The fraction of sp³-hybridized carbons (Fsp3) is 0.278. The zero-order valence-corrected chi connectivity index (χ0v) is 14.2. The van der Waals surface area contributed by atoms with Crippen LogP contribution in [0.5, 0.6) is 5.75 Å². The number of piperazine rings is 1. The SMILES string of the molecule is COc1ccc(C)nc1NC(=O)N1CCNC(=O)[C@H]1c1ccccc1. The molecule has 1 aliphatic heterocycles. The molecule has 0 unspecified atom stereocenters. The van der Waals surface area contributed by atoms with Crippen LogP contribution in [0.2, 0.25) is 0 Å². The molecular formula is C18H20N4O3. The van der Waals surface area contributed by atoms with Crippen LogP contribution >= 0.6 is 0 Å². The topological polar surface area (TPSA) is 83.6 Å². The number of amides is 3. The van der Waals surface area contributed by atoms with Crippen LogP contribution in [-0.2, 0) is 4.79 Å². The predicted molar refractivity (Wildman–Crippen MR) is 93.4 cm³/mol. The van der Waals surface area contributed by atoms with E-state index in [0.717, 1.165) is 11.3 Å². The van der Waals surface area contributed by atoms with Gasteiger partial charge in [0.1, 0.15) is 6.04 Å². The summed E-state index contributed by atoms with van der Waals surface area (Å²) in [6, 6.07) is 11.7. The van der Waals surface area contributed by atoms with Crippen LogP contribution in [0.3, 0.4) is 0 Å². The van der Waals surface area contributed by atoms with E-state index in [2.05, 4.69) is 15.6 Å². The third kappa shape index (κ3) is 3.55. The van der Waals surface area contributed by atoms with Crippen LogP contribution in [-0.4, -0.2) is 42.0 Å². The Labute approximate surface area is 146 Å². The Morgan fingerprint density at radius 2 is 2.04 bits per heavy atom. The number of hydrogen-bond acceptors (Lipinski definition) is 4. The van der Waals surface area contributed by atoms with Crippen molar-refractivity contribution in [1.82, 2.24) is 15.2 Å². The minimum absolute atomic E-state index is 0.197. The Morgan fingerprint density at radius 1 is 1.28 bits per heavy atom. The summed E-state index contributed by atoms with van der Waals surface area (Å²) < 4.78 is 5.25. The van der Waals surface area contributed by atoms with Crippen LogP contribution in [0.15, 0.2) is 42.5 Å². The lowest BCUT2D eigenvalue weighted by Gasteiger charge is -2.35. The number of aromatic nitrogens is 1. The first kappa shape index (κ1) is 16.8. The lowest BCUT2D eigenvalue weighted by atomic mass is 10.0. The summed E-state index contributed by atoms with van der Waals surface area (Å²) >= 11 is 0. The number of pyridine rings is 1. The van der Waals surface area contributed by atoms with Gasteiger partial charge in [-0.25, -0.2) is 9.78 Å². The number of carbonyl (C=O) groups is 2. The Morgan fingerprint density at radius 3 is 2.76 bits per heavy atom. The highest BCUT2D eigenvalue weighted by atomic mass is 16.5. The smallest absolute Gasteiger partial charge is 0.324 e. The molecule has 7 heteroatoms. The standard InChI is InChI=1S/C18H20N4O3/c1-12-8-9-14(25-2)16(20-12)21-18(24)22-11-10-19-17(23)15(22)13-6-4-3-5-7-13/h3-9,15H,10-11H2,1-2H3,(H,19,23)(H,20,21,24)/t15-/m1/s1. The van der Waals surface area contributed by atoms with Gasteiger partial charge in [0, 0.05) is 18.8 Å². The Hall–Kier alpha value is -3.09. The van der Waals surface area contributed by atoms with Gasteiger partial charge in [-0.2, -0.15) is 0 Å². The number of benzene rings is 1. The van der Waals surface area contributed by atoms with E-state index < -0.39 is 6.04 Å². The summed E-state index contributed by atoms with van der Waals surface area (Å²) in [5.41, 5.74) is 1.52. The molecule has 1 aromatic carbocycles. The molecule has 3 amide bonds. The van der Waals surface area contributed by atoms with Crippen molar-refractivity contribution < 1.29 is 14.3 Å². The van der Waals surface area contributed by atoms with Crippen molar-refractivity contribution >= 4 is 17.8 Å². The third-order valence-corrected chi connectivity index (χ3v) is 4.03. The number of carbonyl (C=O) groups excluding carboxylic acids is 2. The maximum atomic E-state index is 12.8. The second-order valence-corrected chi connectivity index (χ2v) is 5.73. The van der Waals surface area contributed by atoms with Crippen molar-refractivity contribution in [2.45, 2.75) is 13.0 Å². The molecule has 1 fully saturated rings. The molecule has 0 saturated carbocycles. The highest BCUT2D eigenvalue weighted by molar-refractivity contribution is 5.95. The van der Waals surface area contributed by atoms with Gasteiger partial charge in [0.05, 0.1) is 7.11 Å². The maximum absolute atomic E-state index is 12.8. The normalized spacial score (nSPS) is 17.0. The molecule has 1 saturated heterocycles. The molecule has 130 valence electrons. The number of methoxy groups -OCH3 is 1. The van der Waals surface area contributed by atoms with Gasteiger partial charge in [0.15, 0.2) is 11.6 Å². The molecule has 1 aromatic heterocycles. The number of aryl methyl sites for hydroxylation is 1. The van der Waals surface area contributed by atoms with E-state index in [1.165, 1.54) is 12.0 Å². The van der Waals surface area contributed by atoms with Gasteiger partial charge in [-0.05, 0) is 24.6 Å². The molecule has 1 aliphatic rings. The third-order valence-electron chi connectivity index (χ3n) is 4.03. The lowest BCUT2D eigenvalue weighted by Crippen LogP contribution is -2.53. The second-order valence-electron chi connectivity index (χ2n) is 5.73. The molecule has 1 atom stereocenters. The van der Waals surface area contributed by atoms with Crippen molar-refractivity contribution in [3.8, 4) is 5.75 Å². The van der Waals surface area contributed by atoms with Crippen LogP contribution in [0.25, 0.3) is 0 Å². The summed E-state index contributed by atoms with van der Waals surface area (Å²) in [6.45, 7) is 2.65. The summed E-state index contributed by atoms with van der Waals surface area (Å²) in [6.07, 6.45) is 0. The highest BCUT2D eigenvalue weighted by Gasteiger charge is 2.34. The summed E-state index contributed by atoms with van der Waals surface area (Å²) in [4.78, 5) is 31.0. The number of nitrogens with zero attached hydrogens (tertiary/aromatic N) is 2. The molecule has 0 spiro atoms. The molecule has 2 aromatic rings.